The Morgan fingerprint density at radius 2 is 1.62 bits per heavy atom. The third-order valence-electron chi connectivity index (χ3n) is 3.57. The molecule has 1 heterocycles. The van der Waals surface area contributed by atoms with Crippen molar-refractivity contribution in [1.82, 2.24) is 0 Å². The van der Waals surface area contributed by atoms with Gasteiger partial charge in [-0.3, -0.25) is 0 Å². The van der Waals surface area contributed by atoms with Crippen molar-refractivity contribution >= 4 is 5.90 Å². The highest BCUT2D eigenvalue weighted by Crippen LogP contribution is 2.22. The van der Waals surface area contributed by atoms with Gasteiger partial charge in [0.1, 0.15) is 12.1 Å². The number of hydrogen-bond acceptors (Lipinski definition) is 3. The first kappa shape index (κ1) is 13.6. The fourth-order valence-electron chi connectivity index (χ4n) is 2.39. The first-order valence-corrected chi connectivity index (χ1v) is 6.95. The predicted molar refractivity (Wildman–Crippen MR) is 84.4 cm³/mol. The Labute approximate surface area is 124 Å². The molecule has 2 aromatic carbocycles. The summed E-state index contributed by atoms with van der Waals surface area (Å²) in [7, 11) is 0. The van der Waals surface area contributed by atoms with E-state index in [1.54, 1.807) is 6.08 Å². The van der Waals surface area contributed by atoms with Crippen molar-refractivity contribution in [3.05, 3.63) is 72.8 Å². The van der Waals surface area contributed by atoms with Crippen molar-refractivity contribution < 1.29 is 9.84 Å². The Balaban J connectivity index is 1.84. The van der Waals surface area contributed by atoms with Crippen molar-refractivity contribution in [2.45, 2.75) is 12.1 Å². The highest BCUT2D eigenvalue weighted by Gasteiger charge is 2.28. The average Bonchev–Trinajstić information content (AvgIpc) is 2.99. The van der Waals surface area contributed by atoms with Crippen LogP contribution in [0.4, 0.5) is 0 Å². The summed E-state index contributed by atoms with van der Waals surface area (Å²) in [6, 6.07) is 18.0. The topological polar surface area (TPSA) is 41.8 Å². The molecule has 0 aliphatic carbocycles. The summed E-state index contributed by atoms with van der Waals surface area (Å²) in [5.74, 6) is 0.568. The highest BCUT2D eigenvalue weighted by molar-refractivity contribution is 5.96. The van der Waals surface area contributed by atoms with Crippen LogP contribution in [0.3, 0.4) is 0 Å². The summed E-state index contributed by atoms with van der Waals surface area (Å²) in [5, 5.41) is 9.29. The zero-order valence-electron chi connectivity index (χ0n) is 11.6. The van der Waals surface area contributed by atoms with Gasteiger partial charge in [-0.15, -0.1) is 0 Å². The Morgan fingerprint density at radius 1 is 1.00 bits per heavy atom. The molecule has 1 aliphatic heterocycles. The van der Waals surface area contributed by atoms with Crippen LogP contribution in [0.1, 0.15) is 5.56 Å². The summed E-state index contributed by atoms with van der Waals surface area (Å²) in [5.41, 5.74) is 3.24. The lowest BCUT2D eigenvalue weighted by atomic mass is 10.0. The van der Waals surface area contributed by atoms with Crippen LogP contribution in [-0.4, -0.2) is 29.8 Å². The first-order chi connectivity index (χ1) is 10.3. The lowest BCUT2D eigenvalue weighted by Crippen LogP contribution is -2.23. The number of aliphatic hydroxyl groups excluding tert-OH is 1. The smallest absolute Gasteiger partial charge is 0.217 e. The molecule has 0 aromatic heterocycles. The van der Waals surface area contributed by atoms with Crippen molar-refractivity contribution in [2.24, 2.45) is 4.99 Å². The van der Waals surface area contributed by atoms with Crippen molar-refractivity contribution in [1.29, 1.82) is 0 Å². The molecule has 0 saturated carbocycles. The van der Waals surface area contributed by atoms with E-state index in [-0.39, 0.29) is 18.8 Å². The molecule has 0 bridgehead atoms. The maximum Gasteiger partial charge on any atom is 0.217 e. The van der Waals surface area contributed by atoms with Crippen LogP contribution in [0.5, 0.6) is 0 Å². The van der Waals surface area contributed by atoms with Crippen molar-refractivity contribution in [2.75, 3.05) is 6.61 Å². The van der Waals surface area contributed by atoms with E-state index in [0.717, 1.165) is 11.1 Å². The van der Waals surface area contributed by atoms with Crippen LogP contribution in [-0.2, 0) is 4.74 Å². The van der Waals surface area contributed by atoms with Crippen LogP contribution in [0.15, 0.2) is 72.2 Å². The van der Waals surface area contributed by atoms with Gasteiger partial charge in [0.25, 0.3) is 0 Å². The van der Waals surface area contributed by atoms with E-state index in [9.17, 15) is 5.11 Å². The summed E-state index contributed by atoms with van der Waals surface area (Å²) in [6.07, 6.45) is 1.43. The van der Waals surface area contributed by atoms with Gasteiger partial charge in [-0.05, 0) is 29.3 Å². The molecule has 0 radical (unpaired) electrons. The Hall–Kier alpha value is -2.39. The van der Waals surface area contributed by atoms with Gasteiger partial charge in [-0.1, -0.05) is 49.0 Å². The molecule has 0 fully saturated rings. The minimum Gasteiger partial charge on any atom is -0.468 e. The molecule has 2 aromatic rings. The van der Waals surface area contributed by atoms with E-state index in [0.29, 0.717) is 5.90 Å². The normalized spacial score (nSPS) is 20.7. The zero-order valence-corrected chi connectivity index (χ0v) is 11.6. The number of benzene rings is 2. The van der Waals surface area contributed by atoms with E-state index >= 15 is 0 Å². The summed E-state index contributed by atoms with van der Waals surface area (Å²) in [4.78, 5) is 4.40. The van der Waals surface area contributed by atoms with Gasteiger partial charge in [-0.25, -0.2) is 4.99 Å². The molecule has 3 nitrogen and oxygen atoms in total. The molecular weight excluding hydrogens is 262 g/mol. The number of aliphatic imine (C=N–C) groups is 1. The van der Waals surface area contributed by atoms with Gasteiger partial charge in [0.05, 0.1) is 6.61 Å². The summed E-state index contributed by atoms with van der Waals surface area (Å²) in [6.45, 7) is 3.67. The van der Waals surface area contributed by atoms with Crippen molar-refractivity contribution in [3.63, 3.8) is 0 Å². The second kappa shape index (κ2) is 5.94. The third kappa shape index (κ3) is 2.73. The quantitative estimate of drug-likeness (QED) is 0.874. The number of nitrogens with zero attached hydrogens (tertiary/aromatic N) is 1. The Morgan fingerprint density at radius 3 is 2.19 bits per heavy atom. The number of ether oxygens (including phenoxy) is 1. The molecule has 0 amide bonds. The fraction of sp³-hybridized carbons (Fsp3) is 0.167. The average molecular weight is 279 g/mol. The van der Waals surface area contributed by atoms with Crippen LogP contribution in [0.2, 0.25) is 0 Å². The van der Waals surface area contributed by atoms with Gasteiger partial charge < -0.3 is 9.84 Å². The molecule has 0 spiro atoms. The molecule has 2 atom stereocenters. The standard InChI is InChI=1S/C18H17NO2/c1-2-17-16(12-20)19-18(21-17)15-10-8-14(9-11-15)13-6-4-3-5-7-13/h2-11,16-17,20H,1,12H2/t16-,17-/m0/s1. The van der Waals surface area contributed by atoms with E-state index in [1.165, 1.54) is 5.56 Å². The van der Waals surface area contributed by atoms with Gasteiger partial charge >= 0.3 is 0 Å². The second-order valence-electron chi connectivity index (χ2n) is 4.95. The molecule has 106 valence electrons. The SMILES string of the molecule is C=C[C@@H]1OC(c2ccc(-c3ccccc3)cc2)=N[C@H]1CO. The molecule has 0 saturated heterocycles. The predicted octanol–water partition coefficient (Wildman–Crippen LogP) is 3.05. The molecule has 1 N–H and O–H groups in total. The van der Waals surface area contributed by atoms with Gasteiger partial charge in [0, 0.05) is 5.56 Å². The summed E-state index contributed by atoms with van der Waals surface area (Å²) < 4.78 is 5.72. The molecule has 3 rings (SSSR count). The number of aliphatic hydroxyl groups is 1. The monoisotopic (exact) mass is 279 g/mol. The van der Waals surface area contributed by atoms with Crippen LogP contribution in [0, 0.1) is 0 Å². The maximum atomic E-state index is 9.29. The molecule has 1 aliphatic rings. The Kier molecular flexibility index (Phi) is 3.84. The third-order valence-corrected chi connectivity index (χ3v) is 3.57. The molecule has 0 unspecified atom stereocenters. The fourth-order valence-corrected chi connectivity index (χ4v) is 2.39. The molecule has 3 heteroatoms. The molecular formula is C18H17NO2. The minimum absolute atomic E-state index is 0.0394. The first-order valence-electron chi connectivity index (χ1n) is 6.95. The Bertz CT molecular complexity index is 647. The lowest BCUT2D eigenvalue weighted by molar-refractivity contribution is 0.184. The largest absolute Gasteiger partial charge is 0.468 e. The minimum atomic E-state index is -0.258. The van der Waals surface area contributed by atoms with E-state index < -0.39 is 0 Å². The van der Waals surface area contributed by atoms with Gasteiger partial charge in [0.2, 0.25) is 5.90 Å². The zero-order chi connectivity index (χ0) is 14.7. The highest BCUT2D eigenvalue weighted by atomic mass is 16.5. The second-order valence-corrected chi connectivity index (χ2v) is 4.95. The number of rotatable bonds is 4. The van der Waals surface area contributed by atoms with Crippen molar-refractivity contribution in [3.8, 4) is 11.1 Å². The van der Waals surface area contributed by atoms with Crippen LogP contribution < -0.4 is 0 Å². The van der Waals surface area contributed by atoms with E-state index in [2.05, 4.69) is 23.7 Å². The maximum absolute atomic E-state index is 9.29. The summed E-state index contributed by atoms with van der Waals surface area (Å²) >= 11 is 0. The van der Waals surface area contributed by atoms with Gasteiger partial charge in [0.15, 0.2) is 0 Å². The lowest BCUT2D eigenvalue weighted by Gasteiger charge is -2.10. The molecule has 21 heavy (non-hydrogen) atoms. The van der Waals surface area contributed by atoms with E-state index in [1.807, 2.05) is 42.5 Å². The number of hydrogen-bond donors (Lipinski definition) is 1. The van der Waals surface area contributed by atoms with E-state index in [4.69, 9.17) is 4.74 Å². The van der Waals surface area contributed by atoms with Gasteiger partial charge in [-0.2, -0.15) is 0 Å². The van der Waals surface area contributed by atoms with Crippen LogP contribution >= 0.6 is 0 Å². The van der Waals surface area contributed by atoms with Crippen LogP contribution in [0.25, 0.3) is 11.1 Å².